The third-order valence-corrected chi connectivity index (χ3v) is 13.0. The first kappa shape index (κ1) is 51.3. The second-order valence-electron chi connectivity index (χ2n) is 18.8. The molecule has 2 aliphatic carbocycles. The quantitative estimate of drug-likeness (QED) is 0.254. The molecule has 0 unspecified atom stereocenters. The molecule has 2 saturated carbocycles. The van der Waals surface area contributed by atoms with E-state index in [1.54, 1.807) is 13.8 Å². The maximum absolute atomic E-state index is 15.1. The summed E-state index contributed by atoms with van der Waals surface area (Å²) < 4.78 is 100. The van der Waals surface area contributed by atoms with Crippen molar-refractivity contribution >= 4 is 53.0 Å². The number of amides is 7. The van der Waals surface area contributed by atoms with E-state index in [-0.39, 0.29) is 55.2 Å². The van der Waals surface area contributed by atoms with E-state index in [1.165, 1.54) is 40.1 Å². The molecule has 0 aromatic heterocycles. The lowest BCUT2D eigenvalue weighted by Gasteiger charge is -2.48. The van der Waals surface area contributed by atoms with Crippen LogP contribution in [0.4, 0.5) is 30.7 Å². The molecule has 1 aromatic rings. The molecule has 5 rings (SSSR count). The third kappa shape index (κ3) is 11.6. The molecule has 65 heavy (non-hydrogen) atoms. The molecular weight excluding hydrogens is 895 g/mol. The zero-order chi connectivity index (χ0) is 48.6. The summed E-state index contributed by atoms with van der Waals surface area (Å²) in [6, 6.07) is -3.65. The molecule has 1 aromatic carbocycles. The standard InChI is InChI=1S/C43H57ClF7N7O7/c1-22(2)15-28-36(62)57(6)30(17-24-16-25(44)12-13-27(24)46)35(61)55-40(3,4)38(64)52-14-8-7-9-29(33(59)53-28)56(5)37(63)32(23-10-11-23)54-34(60)31-18-26(45)19-58(31)39(65)41(43(49,50)51)20-42(47,48)21-41/h12-13,16,22-23,26,28-32H,7-11,14-15,17-21H2,1-6H3,(H,52,64)(H,53,59)(H,54,60)(H,55,61)/t26-,28+,29+,30+,31+,32+/m1/s1. The predicted molar refractivity (Wildman–Crippen MR) is 221 cm³/mol. The van der Waals surface area contributed by atoms with Gasteiger partial charge in [-0.3, -0.25) is 33.6 Å². The van der Waals surface area contributed by atoms with Crippen molar-refractivity contribution in [3.63, 3.8) is 0 Å². The molecule has 0 spiro atoms. The Morgan fingerprint density at radius 1 is 1.02 bits per heavy atom. The number of halogens is 8. The Hall–Kier alpha value is -4.69. The Labute approximate surface area is 377 Å². The highest BCUT2D eigenvalue weighted by atomic mass is 35.5. The molecule has 0 radical (unpaired) electrons. The summed E-state index contributed by atoms with van der Waals surface area (Å²) >= 11 is 6.15. The van der Waals surface area contributed by atoms with Crippen LogP contribution in [0.15, 0.2) is 18.2 Å². The first-order valence-electron chi connectivity index (χ1n) is 21.7. The van der Waals surface area contributed by atoms with Crippen LogP contribution in [0.25, 0.3) is 0 Å². The van der Waals surface area contributed by atoms with Crippen molar-refractivity contribution in [3.05, 3.63) is 34.6 Å². The smallest absolute Gasteiger partial charge is 0.354 e. The number of likely N-dealkylation sites (N-methyl/N-ethyl adjacent to an activating group) is 2. The van der Waals surface area contributed by atoms with Crippen molar-refractivity contribution in [1.82, 2.24) is 36.0 Å². The van der Waals surface area contributed by atoms with Crippen molar-refractivity contribution in [2.45, 2.75) is 146 Å². The zero-order valence-corrected chi connectivity index (χ0v) is 37.8. The van der Waals surface area contributed by atoms with Gasteiger partial charge in [-0.15, -0.1) is 0 Å². The predicted octanol–water partition coefficient (Wildman–Crippen LogP) is 4.21. The lowest BCUT2D eigenvalue weighted by atomic mass is 9.64. The molecule has 22 heteroatoms. The van der Waals surface area contributed by atoms with Crippen LogP contribution in [-0.4, -0.2) is 137 Å². The van der Waals surface area contributed by atoms with Crippen molar-refractivity contribution < 1.29 is 64.3 Å². The van der Waals surface area contributed by atoms with Crippen molar-refractivity contribution in [1.29, 1.82) is 0 Å². The van der Waals surface area contributed by atoms with Crippen LogP contribution in [0.2, 0.25) is 5.02 Å². The van der Waals surface area contributed by atoms with E-state index < -0.39 is 138 Å². The number of nitrogens with one attached hydrogen (secondary N) is 4. The van der Waals surface area contributed by atoms with E-state index in [0.29, 0.717) is 17.7 Å². The van der Waals surface area contributed by atoms with Crippen LogP contribution in [0, 0.1) is 23.1 Å². The van der Waals surface area contributed by atoms with E-state index in [2.05, 4.69) is 21.3 Å². The van der Waals surface area contributed by atoms with Gasteiger partial charge in [-0.25, -0.2) is 17.6 Å². The highest BCUT2D eigenvalue weighted by molar-refractivity contribution is 6.30. The van der Waals surface area contributed by atoms with Crippen LogP contribution in [-0.2, 0) is 40.0 Å². The molecule has 0 bridgehead atoms. The molecule has 4 aliphatic rings. The molecule has 2 aliphatic heterocycles. The normalized spacial score (nSPS) is 27.0. The molecule has 4 fully saturated rings. The molecule has 14 nitrogen and oxygen atoms in total. The average Bonchev–Trinajstić information content (AvgIpc) is 3.96. The van der Waals surface area contributed by atoms with Gasteiger partial charge < -0.3 is 36.0 Å². The molecule has 2 saturated heterocycles. The fraction of sp³-hybridized carbons (Fsp3) is 0.698. The Morgan fingerprint density at radius 3 is 2.25 bits per heavy atom. The third-order valence-electron chi connectivity index (χ3n) is 12.7. The second-order valence-corrected chi connectivity index (χ2v) is 19.3. The lowest BCUT2D eigenvalue weighted by Crippen LogP contribution is -2.65. The second kappa shape index (κ2) is 19.6. The lowest BCUT2D eigenvalue weighted by molar-refractivity contribution is -0.299. The van der Waals surface area contributed by atoms with Gasteiger partial charge in [-0.05, 0) is 88.0 Å². The Balaban J connectivity index is 1.42. The summed E-state index contributed by atoms with van der Waals surface area (Å²) in [4.78, 5) is 100. The Bertz CT molecular complexity index is 2010. The summed E-state index contributed by atoms with van der Waals surface area (Å²) in [6.45, 7) is 5.54. The van der Waals surface area contributed by atoms with Crippen LogP contribution >= 0.6 is 11.6 Å². The zero-order valence-electron chi connectivity index (χ0n) is 37.1. The number of carbonyl (C=O) groups excluding carboxylic acids is 7. The fourth-order valence-electron chi connectivity index (χ4n) is 8.78. The topological polar surface area (TPSA) is 177 Å². The molecule has 7 amide bonds. The average molecular weight is 952 g/mol. The SMILES string of the molecule is CC(C)C[C@@H]1NC(=O)[C@@H](N(C)C(=O)[C@@H](NC(=O)[C@@H]2C[C@@H](F)CN2C(=O)C2(C(F)(F)F)CC(F)(F)C2)C2CC2)CCCCNC(=O)C(C)(C)NC(=O)[C@H](Cc2cc(Cl)ccc2F)N(C)C1=O. The van der Waals surface area contributed by atoms with Crippen LogP contribution < -0.4 is 21.3 Å². The number of carbonyl (C=O) groups is 7. The summed E-state index contributed by atoms with van der Waals surface area (Å²) in [6.07, 6.45) is -11.0. The molecular formula is C43H57ClF7N7O7. The first-order valence-corrected chi connectivity index (χ1v) is 22.0. The molecule has 4 N–H and O–H groups in total. The molecule has 6 atom stereocenters. The first-order chi connectivity index (χ1) is 30.1. The number of hydrogen-bond donors (Lipinski definition) is 4. The minimum absolute atomic E-state index is 0.0130. The van der Waals surface area contributed by atoms with Crippen LogP contribution in [0.3, 0.4) is 0 Å². The number of alkyl halides is 6. The maximum Gasteiger partial charge on any atom is 0.403 e. The van der Waals surface area contributed by atoms with Gasteiger partial charge in [0.1, 0.15) is 47.7 Å². The fourth-order valence-corrected chi connectivity index (χ4v) is 8.97. The number of nitrogens with zero attached hydrogens (tertiary/aromatic N) is 3. The molecule has 362 valence electrons. The van der Waals surface area contributed by atoms with Crippen LogP contribution in [0.5, 0.6) is 0 Å². The summed E-state index contributed by atoms with van der Waals surface area (Å²) in [5, 5.41) is 10.7. The van der Waals surface area contributed by atoms with E-state index in [0.717, 1.165) is 15.9 Å². The van der Waals surface area contributed by atoms with Gasteiger partial charge in [-0.1, -0.05) is 25.4 Å². The van der Waals surface area contributed by atoms with E-state index in [4.69, 9.17) is 11.6 Å². The van der Waals surface area contributed by atoms with Gasteiger partial charge >= 0.3 is 6.18 Å². The van der Waals surface area contributed by atoms with Crippen molar-refractivity contribution in [2.75, 3.05) is 27.2 Å². The number of hydrogen-bond acceptors (Lipinski definition) is 7. The number of benzene rings is 1. The maximum atomic E-state index is 15.1. The van der Waals surface area contributed by atoms with E-state index in [1.807, 2.05) is 0 Å². The Morgan fingerprint density at radius 2 is 1.66 bits per heavy atom. The summed E-state index contributed by atoms with van der Waals surface area (Å²) in [5.41, 5.74) is -5.06. The van der Waals surface area contributed by atoms with Crippen molar-refractivity contribution in [3.8, 4) is 0 Å². The van der Waals surface area contributed by atoms with E-state index in [9.17, 15) is 59.9 Å². The number of likely N-dealkylation sites (tertiary alicyclic amines) is 1. The molecule has 2 heterocycles. The largest absolute Gasteiger partial charge is 0.403 e. The number of rotatable bonds is 10. The van der Waals surface area contributed by atoms with Gasteiger partial charge in [0.15, 0.2) is 5.41 Å². The minimum Gasteiger partial charge on any atom is -0.354 e. The minimum atomic E-state index is -5.43. The van der Waals surface area contributed by atoms with Gasteiger partial charge in [0.25, 0.3) is 5.92 Å². The van der Waals surface area contributed by atoms with Crippen molar-refractivity contribution in [2.24, 2.45) is 17.3 Å². The van der Waals surface area contributed by atoms with Gasteiger partial charge in [0.2, 0.25) is 41.4 Å². The Kier molecular flexibility index (Phi) is 15.5. The highest BCUT2D eigenvalue weighted by Gasteiger charge is 2.75. The monoisotopic (exact) mass is 951 g/mol. The van der Waals surface area contributed by atoms with Gasteiger partial charge in [0.05, 0.1) is 6.54 Å². The summed E-state index contributed by atoms with van der Waals surface area (Å²) in [5.74, 6) is -12.1. The highest BCUT2D eigenvalue weighted by Crippen LogP contribution is 2.61. The van der Waals surface area contributed by atoms with Gasteiger partial charge in [-0.2, -0.15) is 13.2 Å². The summed E-state index contributed by atoms with van der Waals surface area (Å²) in [7, 11) is 2.56. The van der Waals surface area contributed by atoms with Crippen LogP contribution in [0.1, 0.15) is 91.0 Å². The van der Waals surface area contributed by atoms with Gasteiger partial charge in [0, 0.05) is 51.3 Å². The van der Waals surface area contributed by atoms with E-state index >= 15 is 4.39 Å².